The Bertz CT molecular complexity index is 1880. The summed E-state index contributed by atoms with van der Waals surface area (Å²) in [5, 5.41) is 2.59. The Kier molecular flexibility index (Phi) is 5.46. The summed E-state index contributed by atoms with van der Waals surface area (Å²) in [4.78, 5) is 13.7. The first-order valence-corrected chi connectivity index (χ1v) is 12.8. The van der Waals surface area contributed by atoms with Gasteiger partial charge in [0.1, 0.15) is 0 Å². The Morgan fingerprint density at radius 2 is 1.00 bits per heavy atom. The molecule has 5 aromatic carbocycles. The van der Waals surface area contributed by atoms with Gasteiger partial charge >= 0.3 is 0 Å². The third-order valence-electron chi connectivity index (χ3n) is 6.80. The summed E-state index contributed by atoms with van der Waals surface area (Å²) >= 11 is 6.41. The lowest BCUT2D eigenvalue weighted by molar-refractivity contribution is 1.06. The van der Waals surface area contributed by atoms with E-state index in [0.717, 1.165) is 39.0 Å². The average Bonchev–Trinajstić information content (AvgIpc) is 3.32. The summed E-state index contributed by atoms with van der Waals surface area (Å²) < 4.78 is 2.33. The van der Waals surface area contributed by atoms with Crippen LogP contribution in [-0.2, 0) is 0 Å². The van der Waals surface area contributed by atoms with Crippen LogP contribution in [0.25, 0.3) is 61.4 Å². The maximum absolute atomic E-state index is 6.41. The predicted octanol–water partition coefficient (Wildman–Crippen LogP) is 8.62. The van der Waals surface area contributed by atoms with Crippen molar-refractivity contribution in [2.45, 2.75) is 0 Å². The Hall–Kier alpha value is -4.80. The van der Waals surface area contributed by atoms with Gasteiger partial charge in [-0.3, -0.25) is 0 Å². The molecule has 0 aliphatic heterocycles. The van der Waals surface area contributed by atoms with Crippen LogP contribution in [0.5, 0.6) is 0 Å². The number of rotatable bonds is 4. The van der Waals surface area contributed by atoms with Gasteiger partial charge in [0.05, 0.1) is 16.7 Å². The molecule has 0 atom stereocenters. The zero-order valence-electron chi connectivity index (χ0n) is 20.3. The predicted molar refractivity (Wildman–Crippen MR) is 155 cm³/mol. The first-order valence-electron chi connectivity index (χ1n) is 12.4. The molecule has 0 amide bonds. The average molecular weight is 509 g/mol. The molecule has 0 radical (unpaired) electrons. The van der Waals surface area contributed by atoms with E-state index in [-0.39, 0.29) is 5.28 Å². The van der Waals surface area contributed by atoms with Gasteiger partial charge in [-0.15, -0.1) is 0 Å². The van der Waals surface area contributed by atoms with Gasteiger partial charge in [0.25, 0.3) is 0 Å². The van der Waals surface area contributed by atoms with Crippen molar-refractivity contribution in [2.75, 3.05) is 0 Å². The molecule has 0 saturated heterocycles. The molecule has 0 aliphatic rings. The van der Waals surface area contributed by atoms with E-state index in [1.807, 2.05) is 36.4 Å². The highest BCUT2D eigenvalue weighted by molar-refractivity contribution is 6.28. The molecule has 0 spiro atoms. The van der Waals surface area contributed by atoms with Crippen LogP contribution in [-0.4, -0.2) is 19.5 Å². The molecule has 7 aromatic rings. The molecule has 0 N–H and O–H groups in total. The molecule has 0 fully saturated rings. The third-order valence-corrected chi connectivity index (χ3v) is 6.97. The Morgan fingerprint density at radius 1 is 0.474 bits per heavy atom. The molecule has 0 saturated carbocycles. The quantitative estimate of drug-likeness (QED) is 0.239. The van der Waals surface area contributed by atoms with Crippen molar-refractivity contribution in [2.24, 2.45) is 0 Å². The molecule has 5 heteroatoms. The first-order chi connectivity index (χ1) is 18.8. The van der Waals surface area contributed by atoms with Crippen LogP contribution in [0.3, 0.4) is 0 Å². The van der Waals surface area contributed by atoms with E-state index in [1.165, 1.54) is 10.8 Å². The molecule has 0 aliphatic carbocycles. The van der Waals surface area contributed by atoms with Crippen LogP contribution in [0.2, 0.25) is 5.28 Å². The van der Waals surface area contributed by atoms with Gasteiger partial charge in [-0.25, -0.2) is 4.98 Å². The van der Waals surface area contributed by atoms with Crippen molar-refractivity contribution >= 4 is 33.4 Å². The van der Waals surface area contributed by atoms with E-state index in [4.69, 9.17) is 16.6 Å². The van der Waals surface area contributed by atoms with Gasteiger partial charge < -0.3 is 4.57 Å². The van der Waals surface area contributed by atoms with Gasteiger partial charge in [-0.1, -0.05) is 109 Å². The second-order valence-corrected chi connectivity index (χ2v) is 9.42. The van der Waals surface area contributed by atoms with Gasteiger partial charge in [-0.2, -0.15) is 9.97 Å². The Labute approximate surface area is 224 Å². The topological polar surface area (TPSA) is 43.6 Å². The van der Waals surface area contributed by atoms with Crippen LogP contribution in [0.1, 0.15) is 0 Å². The fourth-order valence-corrected chi connectivity index (χ4v) is 5.26. The van der Waals surface area contributed by atoms with Crippen LogP contribution < -0.4 is 0 Å². The molecule has 7 rings (SSSR count). The van der Waals surface area contributed by atoms with Crippen molar-refractivity contribution < 1.29 is 0 Å². The minimum atomic E-state index is 0.166. The monoisotopic (exact) mass is 508 g/mol. The zero-order chi connectivity index (χ0) is 25.5. The number of para-hydroxylation sites is 2. The maximum Gasteiger partial charge on any atom is 0.226 e. The minimum absolute atomic E-state index is 0.166. The summed E-state index contributed by atoms with van der Waals surface area (Å²) in [5.41, 5.74) is 7.33. The number of fused-ring (bicyclic) bond motifs is 3. The van der Waals surface area contributed by atoms with Crippen molar-refractivity contribution in [1.29, 1.82) is 0 Å². The smallest absolute Gasteiger partial charge is 0.226 e. The molecule has 180 valence electrons. The summed E-state index contributed by atoms with van der Waals surface area (Å²) in [5.74, 6) is 1.08. The van der Waals surface area contributed by atoms with E-state index in [2.05, 4.69) is 106 Å². The maximum atomic E-state index is 6.41. The van der Waals surface area contributed by atoms with Crippen LogP contribution in [0.4, 0.5) is 0 Å². The SMILES string of the molecule is Clc1nc(-c2ccccc2)nc(-c2ccc(-c3ccccc3)c(-n3c4ccccc4c4ccccc43)c2)n1. The molecule has 4 nitrogen and oxygen atoms in total. The fraction of sp³-hybridized carbons (Fsp3) is 0. The van der Waals surface area contributed by atoms with Crippen molar-refractivity contribution in [3.05, 3.63) is 133 Å². The summed E-state index contributed by atoms with van der Waals surface area (Å²) in [6.07, 6.45) is 0. The second-order valence-electron chi connectivity index (χ2n) is 9.09. The highest BCUT2D eigenvalue weighted by Crippen LogP contribution is 2.37. The van der Waals surface area contributed by atoms with E-state index in [1.54, 1.807) is 0 Å². The summed E-state index contributed by atoms with van der Waals surface area (Å²) in [6.45, 7) is 0. The van der Waals surface area contributed by atoms with Gasteiger partial charge in [0.2, 0.25) is 5.28 Å². The molecule has 0 unspecified atom stereocenters. The number of hydrogen-bond donors (Lipinski definition) is 0. The summed E-state index contributed by atoms with van der Waals surface area (Å²) in [6, 6.07) is 43.7. The van der Waals surface area contributed by atoms with E-state index in [0.29, 0.717) is 11.6 Å². The molecule has 38 heavy (non-hydrogen) atoms. The van der Waals surface area contributed by atoms with Crippen molar-refractivity contribution in [1.82, 2.24) is 19.5 Å². The normalized spacial score (nSPS) is 11.3. The van der Waals surface area contributed by atoms with E-state index < -0.39 is 0 Å². The lowest BCUT2D eigenvalue weighted by Gasteiger charge is -2.16. The van der Waals surface area contributed by atoms with Crippen LogP contribution in [0.15, 0.2) is 127 Å². The fourth-order valence-electron chi connectivity index (χ4n) is 5.10. The molecular formula is C33H21ClN4. The number of benzene rings is 5. The Morgan fingerprint density at radius 3 is 1.63 bits per heavy atom. The van der Waals surface area contributed by atoms with Crippen molar-refractivity contribution in [3.8, 4) is 39.6 Å². The largest absolute Gasteiger partial charge is 0.309 e. The number of aromatic nitrogens is 4. The number of hydrogen-bond acceptors (Lipinski definition) is 3. The zero-order valence-corrected chi connectivity index (χ0v) is 21.0. The standard InChI is InChI=1S/C33H21ClN4/c34-33-36-31(23-13-5-2-6-14-23)35-32(37-33)24-19-20-25(22-11-3-1-4-12-22)30(21-24)38-28-17-9-7-15-26(28)27-16-8-10-18-29(27)38/h1-21H. The van der Waals surface area contributed by atoms with Crippen molar-refractivity contribution in [3.63, 3.8) is 0 Å². The second kappa shape index (κ2) is 9.25. The van der Waals surface area contributed by atoms with Gasteiger partial charge in [-0.05, 0) is 35.4 Å². The molecular weight excluding hydrogens is 488 g/mol. The summed E-state index contributed by atoms with van der Waals surface area (Å²) in [7, 11) is 0. The first kappa shape index (κ1) is 22.4. The molecule has 2 heterocycles. The number of halogens is 1. The van der Waals surface area contributed by atoms with E-state index in [9.17, 15) is 0 Å². The van der Waals surface area contributed by atoms with E-state index >= 15 is 0 Å². The third kappa shape index (κ3) is 3.83. The van der Waals surface area contributed by atoms with Gasteiger partial charge in [0, 0.05) is 27.5 Å². The van der Waals surface area contributed by atoms with Crippen LogP contribution in [0, 0.1) is 0 Å². The number of nitrogens with zero attached hydrogens (tertiary/aromatic N) is 4. The van der Waals surface area contributed by atoms with Gasteiger partial charge in [0.15, 0.2) is 11.6 Å². The highest BCUT2D eigenvalue weighted by atomic mass is 35.5. The highest BCUT2D eigenvalue weighted by Gasteiger charge is 2.18. The molecule has 0 bridgehead atoms. The lowest BCUT2D eigenvalue weighted by Crippen LogP contribution is -2.01. The Balaban J connectivity index is 1.51. The minimum Gasteiger partial charge on any atom is -0.309 e. The lowest BCUT2D eigenvalue weighted by atomic mass is 10.0. The van der Waals surface area contributed by atoms with Crippen LogP contribution >= 0.6 is 11.6 Å². The molecule has 2 aromatic heterocycles.